The largest absolute Gasteiger partial charge is 0.478 e. The fourth-order valence-corrected chi connectivity index (χ4v) is 2.77. The number of hydrogen-bond acceptors (Lipinski definition) is 4. The van der Waals surface area contributed by atoms with Crippen LogP contribution in [0.1, 0.15) is 47.4 Å². The lowest BCUT2D eigenvalue weighted by molar-refractivity contribution is 0.0697. The van der Waals surface area contributed by atoms with Crippen molar-refractivity contribution in [2.45, 2.75) is 39.7 Å². The number of hydrogen-bond donors (Lipinski definition) is 2. The highest BCUT2D eigenvalue weighted by molar-refractivity contribution is 7.09. The number of rotatable bonds is 4. The molecular formula is C16H20N2O2S. The van der Waals surface area contributed by atoms with E-state index in [0.717, 1.165) is 22.0 Å². The molecule has 1 aromatic heterocycles. The number of carboxylic acids is 1. The zero-order valence-electron chi connectivity index (χ0n) is 12.7. The van der Waals surface area contributed by atoms with Crippen molar-refractivity contribution in [2.75, 3.05) is 5.32 Å². The van der Waals surface area contributed by atoms with Crippen LogP contribution in [0.4, 0.5) is 5.69 Å². The van der Waals surface area contributed by atoms with Crippen molar-refractivity contribution in [2.24, 2.45) is 0 Å². The summed E-state index contributed by atoms with van der Waals surface area (Å²) in [5.74, 6) is -0.915. The molecule has 0 saturated carbocycles. The molecule has 0 unspecified atom stereocenters. The fourth-order valence-electron chi connectivity index (χ4n) is 1.86. The van der Waals surface area contributed by atoms with E-state index in [4.69, 9.17) is 5.11 Å². The fraction of sp³-hybridized carbons (Fsp3) is 0.375. The maximum absolute atomic E-state index is 11.0. The maximum Gasteiger partial charge on any atom is 0.335 e. The monoisotopic (exact) mass is 304 g/mol. The van der Waals surface area contributed by atoms with Crippen LogP contribution in [0.15, 0.2) is 23.6 Å². The number of carboxylic acid groups (broad SMARTS) is 1. The molecule has 5 heteroatoms. The van der Waals surface area contributed by atoms with Crippen molar-refractivity contribution in [1.29, 1.82) is 0 Å². The lowest BCUT2D eigenvalue weighted by Gasteiger charge is -2.13. The van der Waals surface area contributed by atoms with Gasteiger partial charge in [-0.1, -0.05) is 26.8 Å². The van der Waals surface area contributed by atoms with Crippen LogP contribution < -0.4 is 5.32 Å². The molecule has 112 valence electrons. The quantitative estimate of drug-likeness (QED) is 0.894. The number of aryl methyl sites for hydroxylation is 1. The Bertz CT molecular complexity index is 657. The van der Waals surface area contributed by atoms with Crippen LogP contribution in [0.3, 0.4) is 0 Å². The van der Waals surface area contributed by atoms with Gasteiger partial charge in [0.05, 0.1) is 22.8 Å². The zero-order chi connectivity index (χ0) is 15.6. The summed E-state index contributed by atoms with van der Waals surface area (Å²) in [6, 6.07) is 5.09. The third-order valence-electron chi connectivity index (χ3n) is 3.14. The third-order valence-corrected chi connectivity index (χ3v) is 4.45. The van der Waals surface area contributed by atoms with E-state index in [1.165, 1.54) is 0 Å². The first-order valence-corrected chi connectivity index (χ1v) is 7.68. The molecular weight excluding hydrogens is 284 g/mol. The molecule has 21 heavy (non-hydrogen) atoms. The van der Waals surface area contributed by atoms with Crippen LogP contribution in [-0.4, -0.2) is 16.1 Å². The number of carbonyl (C=O) groups is 1. The molecule has 0 amide bonds. The van der Waals surface area contributed by atoms with Gasteiger partial charge in [0, 0.05) is 16.5 Å². The Morgan fingerprint density at radius 2 is 2.10 bits per heavy atom. The van der Waals surface area contributed by atoms with Gasteiger partial charge in [-0.05, 0) is 24.6 Å². The first kappa shape index (κ1) is 15.5. The Labute approximate surface area is 128 Å². The van der Waals surface area contributed by atoms with E-state index in [9.17, 15) is 4.79 Å². The molecule has 0 atom stereocenters. The highest BCUT2D eigenvalue weighted by Crippen LogP contribution is 2.26. The number of nitrogens with one attached hydrogen (secondary N) is 1. The second-order valence-electron chi connectivity index (χ2n) is 6.08. The molecule has 1 heterocycles. The summed E-state index contributed by atoms with van der Waals surface area (Å²) < 4.78 is 0. The second kappa shape index (κ2) is 5.85. The summed E-state index contributed by atoms with van der Waals surface area (Å²) in [7, 11) is 0. The minimum Gasteiger partial charge on any atom is -0.478 e. The molecule has 2 N–H and O–H groups in total. The van der Waals surface area contributed by atoms with Gasteiger partial charge in [0.2, 0.25) is 0 Å². The molecule has 0 saturated heterocycles. The van der Waals surface area contributed by atoms with E-state index in [0.29, 0.717) is 6.54 Å². The lowest BCUT2D eigenvalue weighted by atomic mass is 9.98. The highest BCUT2D eigenvalue weighted by Gasteiger charge is 2.17. The van der Waals surface area contributed by atoms with Crippen molar-refractivity contribution in [1.82, 2.24) is 4.98 Å². The van der Waals surface area contributed by atoms with E-state index >= 15 is 0 Å². The minimum absolute atomic E-state index is 0.0576. The Kier molecular flexibility index (Phi) is 4.32. The molecule has 2 aromatic rings. The molecule has 0 aliphatic carbocycles. The highest BCUT2D eigenvalue weighted by atomic mass is 32.1. The SMILES string of the molecule is Cc1ccc(C(=O)O)cc1NCc1csc(C(C)(C)C)n1. The first-order valence-electron chi connectivity index (χ1n) is 6.80. The van der Waals surface area contributed by atoms with Crippen LogP contribution in [0.25, 0.3) is 0 Å². The Morgan fingerprint density at radius 1 is 1.38 bits per heavy atom. The summed E-state index contributed by atoms with van der Waals surface area (Å²) in [5.41, 5.74) is 3.18. The number of aromatic carboxylic acids is 1. The second-order valence-corrected chi connectivity index (χ2v) is 6.94. The van der Waals surface area contributed by atoms with Crippen LogP contribution in [0.2, 0.25) is 0 Å². The van der Waals surface area contributed by atoms with Crippen LogP contribution in [0.5, 0.6) is 0 Å². The van der Waals surface area contributed by atoms with Gasteiger partial charge in [0.15, 0.2) is 0 Å². The first-order chi connectivity index (χ1) is 9.77. The molecule has 4 nitrogen and oxygen atoms in total. The van der Waals surface area contributed by atoms with E-state index < -0.39 is 5.97 Å². The maximum atomic E-state index is 11.0. The van der Waals surface area contributed by atoms with Crippen LogP contribution >= 0.6 is 11.3 Å². The smallest absolute Gasteiger partial charge is 0.335 e. The van der Waals surface area contributed by atoms with Crippen molar-refractivity contribution >= 4 is 23.0 Å². The number of thiazole rings is 1. The molecule has 2 rings (SSSR count). The van der Waals surface area contributed by atoms with Gasteiger partial charge in [-0.25, -0.2) is 9.78 Å². The normalized spacial score (nSPS) is 11.4. The summed E-state index contributed by atoms with van der Waals surface area (Å²) in [6.07, 6.45) is 0. The van der Waals surface area contributed by atoms with Gasteiger partial charge >= 0.3 is 5.97 Å². The van der Waals surface area contributed by atoms with E-state index in [1.54, 1.807) is 23.5 Å². The number of nitrogens with zero attached hydrogens (tertiary/aromatic N) is 1. The van der Waals surface area contributed by atoms with Crippen LogP contribution in [0, 0.1) is 6.92 Å². The van der Waals surface area contributed by atoms with Gasteiger partial charge in [0.25, 0.3) is 0 Å². The van der Waals surface area contributed by atoms with Crippen molar-refractivity contribution in [3.05, 3.63) is 45.4 Å². The summed E-state index contributed by atoms with van der Waals surface area (Å²) >= 11 is 1.66. The van der Waals surface area contributed by atoms with Crippen molar-refractivity contribution in [3.8, 4) is 0 Å². The Balaban J connectivity index is 2.11. The number of benzene rings is 1. The van der Waals surface area contributed by atoms with E-state index in [2.05, 4.69) is 31.1 Å². The Morgan fingerprint density at radius 3 is 2.67 bits per heavy atom. The predicted molar refractivity (Wildman–Crippen MR) is 86.3 cm³/mol. The minimum atomic E-state index is -0.915. The van der Waals surface area contributed by atoms with Crippen molar-refractivity contribution in [3.63, 3.8) is 0 Å². The molecule has 0 aliphatic heterocycles. The molecule has 0 aliphatic rings. The van der Waals surface area contributed by atoms with Crippen molar-refractivity contribution < 1.29 is 9.90 Å². The van der Waals surface area contributed by atoms with Gasteiger partial charge < -0.3 is 10.4 Å². The van der Waals surface area contributed by atoms with Gasteiger partial charge in [0.1, 0.15) is 0 Å². The van der Waals surface area contributed by atoms with E-state index in [1.807, 2.05) is 18.4 Å². The van der Waals surface area contributed by atoms with Gasteiger partial charge in [-0.15, -0.1) is 11.3 Å². The Hall–Kier alpha value is -1.88. The van der Waals surface area contributed by atoms with Gasteiger partial charge in [-0.3, -0.25) is 0 Å². The average Bonchev–Trinajstić information content (AvgIpc) is 2.86. The summed E-state index contributed by atoms with van der Waals surface area (Å²) in [4.78, 5) is 15.6. The summed E-state index contributed by atoms with van der Waals surface area (Å²) in [6.45, 7) is 8.97. The molecule has 0 spiro atoms. The topological polar surface area (TPSA) is 62.2 Å². The van der Waals surface area contributed by atoms with E-state index in [-0.39, 0.29) is 11.0 Å². The molecule has 0 fully saturated rings. The summed E-state index contributed by atoms with van der Waals surface area (Å²) in [5, 5.41) is 15.5. The lowest BCUT2D eigenvalue weighted by Crippen LogP contribution is -2.11. The van der Waals surface area contributed by atoms with Crippen LogP contribution in [-0.2, 0) is 12.0 Å². The molecule has 0 bridgehead atoms. The third kappa shape index (κ3) is 3.82. The standard InChI is InChI=1S/C16H20N2O2S/c1-10-5-6-11(14(19)20)7-13(10)17-8-12-9-21-15(18-12)16(2,3)4/h5-7,9,17H,8H2,1-4H3,(H,19,20). The number of aromatic nitrogens is 1. The molecule has 0 radical (unpaired) electrons. The molecule has 1 aromatic carbocycles. The predicted octanol–water partition coefficient (Wildman–Crippen LogP) is 4.06. The average molecular weight is 304 g/mol. The number of anilines is 1. The zero-order valence-corrected chi connectivity index (χ0v) is 13.5. The van der Waals surface area contributed by atoms with Gasteiger partial charge in [-0.2, -0.15) is 0 Å².